The lowest BCUT2D eigenvalue weighted by molar-refractivity contribution is -0.245. The predicted octanol–water partition coefficient (Wildman–Crippen LogP) is 1.10. The van der Waals surface area contributed by atoms with Crippen molar-refractivity contribution in [2.75, 3.05) is 6.61 Å². The second-order valence-corrected chi connectivity index (χ2v) is 6.28. The minimum absolute atomic E-state index is 0.0940. The first-order valence-electron chi connectivity index (χ1n) is 8.78. The van der Waals surface area contributed by atoms with Crippen LogP contribution in [0, 0.1) is 0 Å². The van der Waals surface area contributed by atoms with Crippen molar-refractivity contribution in [1.29, 1.82) is 0 Å². The highest BCUT2D eigenvalue weighted by molar-refractivity contribution is 5.67. The summed E-state index contributed by atoms with van der Waals surface area (Å²) in [5.74, 6) is -1.20. The predicted molar refractivity (Wildman–Crippen MR) is 94.0 cm³/mol. The Morgan fingerprint density at radius 2 is 1.68 bits per heavy atom. The molecule has 0 radical (unpaired) electrons. The van der Waals surface area contributed by atoms with Crippen LogP contribution in [0.4, 0.5) is 0 Å². The SMILES string of the molecule is CC(=O)OCC1OC(Oc2ccc(CO)cc2)CC(OC(C)=O)C1OC(C)=O. The molecule has 0 saturated carbocycles. The zero-order valence-electron chi connectivity index (χ0n) is 16.0. The van der Waals surface area contributed by atoms with Crippen LogP contribution in [0.1, 0.15) is 32.8 Å². The number of aliphatic hydroxyl groups excluding tert-OH is 1. The Morgan fingerprint density at radius 3 is 2.21 bits per heavy atom. The van der Waals surface area contributed by atoms with Gasteiger partial charge in [-0.25, -0.2) is 0 Å². The Balaban J connectivity index is 2.18. The van der Waals surface area contributed by atoms with Crippen LogP contribution in [0.15, 0.2) is 24.3 Å². The van der Waals surface area contributed by atoms with Crippen LogP contribution in [0.3, 0.4) is 0 Å². The van der Waals surface area contributed by atoms with Crippen molar-refractivity contribution in [2.24, 2.45) is 0 Å². The van der Waals surface area contributed by atoms with E-state index in [1.807, 2.05) is 0 Å². The summed E-state index contributed by atoms with van der Waals surface area (Å²) in [5, 5.41) is 9.11. The molecule has 4 unspecified atom stereocenters. The molecule has 0 spiro atoms. The maximum atomic E-state index is 11.5. The van der Waals surface area contributed by atoms with Crippen LogP contribution in [0.25, 0.3) is 0 Å². The minimum atomic E-state index is -0.947. The van der Waals surface area contributed by atoms with Crippen molar-refractivity contribution in [3.05, 3.63) is 29.8 Å². The van der Waals surface area contributed by atoms with Gasteiger partial charge in [0.2, 0.25) is 6.29 Å². The molecule has 154 valence electrons. The molecular formula is C19H24O9. The monoisotopic (exact) mass is 396 g/mol. The molecule has 0 aromatic heterocycles. The number of esters is 3. The van der Waals surface area contributed by atoms with Gasteiger partial charge >= 0.3 is 17.9 Å². The van der Waals surface area contributed by atoms with Gasteiger partial charge in [0, 0.05) is 20.8 Å². The van der Waals surface area contributed by atoms with E-state index in [-0.39, 0.29) is 19.6 Å². The Bertz CT molecular complexity index is 685. The molecule has 1 aromatic rings. The second kappa shape index (κ2) is 10.0. The number of rotatable bonds is 7. The highest BCUT2D eigenvalue weighted by atomic mass is 16.7. The number of aliphatic hydroxyl groups is 1. The van der Waals surface area contributed by atoms with E-state index in [1.54, 1.807) is 24.3 Å². The number of hydrogen-bond donors (Lipinski definition) is 1. The lowest BCUT2D eigenvalue weighted by atomic mass is 10.0. The van der Waals surface area contributed by atoms with Gasteiger partial charge in [0.1, 0.15) is 24.6 Å². The Hall–Kier alpha value is -2.65. The van der Waals surface area contributed by atoms with Gasteiger partial charge in [0.15, 0.2) is 6.10 Å². The van der Waals surface area contributed by atoms with Gasteiger partial charge in [-0.15, -0.1) is 0 Å². The molecule has 9 heteroatoms. The lowest BCUT2D eigenvalue weighted by Gasteiger charge is -2.39. The summed E-state index contributed by atoms with van der Waals surface area (Å²) < 4.78 is 27.1. The fraction of sp³-hybridized carbons (Fsp3) is 0.526. The molecule has 0 amide bonds. The quantitative estimate of drug-likeness (QED) is 0.534. The average Bonchev–Trinajstić information content (AvgIpc) is 2.62. The molecule has 1 aliphatic heterocycles. The summed E-state index contributed by atoms with van der Waals surface area (Å²) in [7, 11) is 0. The number of ether oxygens (including phenoxy) is 5. The van der Waals surface area contributed by atoms with Crippen molar-refractivity contribution in [3.63, 3.8) is 0 Å². The average molecular weight is 396 g/mol. The maximum Gasteiger partial charge on any atom is 0.303 e. The van der Waals surface area contributed by atoms with E-state index in [1.165, 1.54) is 20.8 Å². The lowest BCUT2D eigenvalue weighted by Crippen LogP contribution is -2.54. The van der Waals surface area contributed by atoms with Gasteiger partial charge in [-0.3, -0.25) is 14.4 Å². The molecule has 1 fully saturated rings. The van der Waals surface area contributed by atoms with Crippen LogP contribution in [0.2, 0.25) is 0 Å². The number of hydrogen-bond acceptors (Lipinski definition) is 9. The summed E-state index contributed by atoms with van der Waals surface area (Å²) in [6.07, 6.45) is -3.39. The van der Waals surface area contributed by atoms with E-state index in [9.17, 15) is 14.4 Å². The third-order valence-electron chi connectivity index (χ3n) is 3.93. The smallest absolute Gasteiger partial charge is 0.303 e. The van der Waals surface area contributed by atoms with Crippen molar-refractivity contribution < 1.29 is 43.2 Å². The molecule has 1 N–H and O–H groups in total. The minimum Gasteiger partial charge on any atom is -0.465 e. The van der Waals surface area contributed by atoms with Crippen LogP contribution in [-0.2, 0) is 39.9 Å². The highest BCUT2D eigenvalue weighted by Gasteiger charge is 2.44. The molecule has 0 bridgehead atoms. The van der Waals surface area contributed by atoms with E-state index in [2.05, 4.69) is 0 Å². The third kappa shape index (κ3) is 6.50. The van der Waals surface area contributed by atoms with Crippen molar-refractivity contribution in [1.82, 2.24) is 0 Å². The van der Waals surface area contributed by atoms with E-state index >= 15 is 0 Å². The van der Waals surface area contributed by atoms with Crippen LogP contribution in [0.5, 0.6) is 5.75 Å². The molecule has 9 nitrogen and oxygen atoms in total. The van der Waals surface area contributed by atoms with Crippen LogP contribution < -0.4 is 4.74 Å². The highest BCUT2D eigenvalue weighted by Crippen LogP contribution is 2.28. The summed E-state index contributed by atoms with van der Waals surface area (Å²) >= 11 is 0. The van der Waals surface area contributed by atoms with Gasteiger partial charge in [0.25, 0.3) is 0 Å². The van der Waals surface area contributed by atoms with E-state index in [0.29, 0.717) is 5.75 Å². The largest absolute Gasteiger partial charge is 0.465 e. The Morgan fingerprint density at radius 1 is 1.04 bits per heavy atom. The first-order valence-corrected chi connectivity index (χ1v) is 8.78. The topological polar surface area (TPSA) is 118 Å². The zero-order chi connectivity index (χ0) is 20.7. The fourth-order valence-corrected chi connectivity index (χ4v) is 2.80. The molecule has 2 rings (SSSR count). The van der Waals surface area contributed by atoms with Gasteiger partial charge in [-0.2, -0.15) is 0 Å². The van der Waals surface area contributed by atoms with E-state index < -0.39 is 42.5 Å². The first kappa shape index (κ1) is 21.6. The Kier molecular flexibility index (Phi) is 7.77. The molecule has 4 atom stereocenters. The Labute approximate surface area is 162 Å². The van der Waals surface area contributed by atoms with Crippen molar-refractivity contribution >= 4 is 17.9 Å². The van der Waals surface area contributed by atoms with E-state index in [0.717, 1.165) is 5.56 Å². The van der Waals surface area contributed by atoms with Crippen molar-refractivity contribution in [3.8, 4) is 5.75 Å². The summed E-state index contributed by atoms with van der Waals surface area (Å²) in [6.45, 7) is 3.41. The summed E-state index contributed by atoms with van der Waals surface area (Å²) in [4.78, 5) is 34.2. The first-order chi connectivity index (χ1) is 13.3. The zero-order valence-corrected chi connectivity index (χ0v) is 16.0. The van der Waals surface area contributed by atoms with E-state index in [4.69, 9.17) is 28.8 Å². The number of carbonyl (C=O) groups excluding carboxylic acids is 3. The normalized spacial score (nSPS) is 24.1. The van der Waals surface area contributed by atoms with Crippen molar-refractivity contribution in [2.45, 2.75) is 58.4 Å². The fourth-order valence-electron chi connectivity index (χ4n) is 2.80. The molecule has 1 saturated heterocycles. The number of carbonyl (C=O) groups is 3. The molecule has 1 heterocycles. The number of benzene rings is 1. The maximum absolute atomic E-state index is 11.5. The molecule has 1 aromatic carbocycles. The van der Waals surface area contributed by atoms with Gasteiger partial charge in [-0.1, -0.05) is 12.1 Å². The standard InChI is InChI=1S/C19H24O9/c1-11(21)24-10-17-19(26-13(3)23)16(25-12(2)22)8-18(28-17)27-15-6-4-14(9-20)5-7-15/h4-7,16-20H,8-10H2,1-3H3. The van der Waals surface area contributed by atoms with Gasteiger partial charge in [0.05, 0.1) is 13.0 Å². The van der Waals surface area contributed by atoms with Crippen LogP contribution >= 0.6 is 0 Å². The van der Waals surface area contributed by atoms with Crippen LogP contribution in [-0.4, -0.2) is 54.2 Å². The van der Waals surface area contributed by atoms with Gasteiger partial charge in [-0.05, 0) is 17.7 Å². The summed E-state index contributed by atoms with van der Waals surface area (Å²) in [6, 6.07) is 6.71. The summed E-state index contributed by atoms with van der Waals surface area (Å²) in [5.41, 5.74) is 0.720. The molecule has 0 aliphatic carbocycles. The second-order valence-electron chi connectivity index (χ2n) is 6.28. The molecule has 1 aliphatic rings. The van der Waals surface area contributed by atoms with Gasteiger partial charge < -0.3 is 28.8 Å². The molecular weight excluding hydrogens is 372 g/mol. The molecule has 28 heavy (non-hydrogen) atoms. The third-order valence-corrected chi connectivity index (χ3v) is 3.93.